The summed E-state index contributed by atoms with van der Waals surface area (Å²) in [6, 6.07) is 2.66. The van der Waals surface area contributed by atoms with Crippen molar-refractivity contribution in [2.75, 3.05) is 12.3 Å². The van der Waals surface area contributed by atoms with E-state index in [2.05, 4.69) is 5.32 Å². The Morgan fingerprint density at radius 2 is 2.16 bits per heavy atom. The Labute approximate surface area is 118 Å². The molecule has 1 aromatic carbocycles. The first-order chi connectivity index (χ1) is 9.15. The Morgan fingerprint density at radius 1 is 1.37 bits per heavy atom. The van der Waals surface area contributed by atoms with E-state index in [1.54, 1.807) is 6.92 Å². The highest BCUT2D eigenvalue weighted by atomic mass is 32.2. The van der Waals surface area contributed by atoms with Crippen LogP contribution in [-0.4, -0.2) is 17.5 Å². The lowest BCUT2D eigenvalue weighted by Gasteiger charge is -2.31. The van der Waals surface area contributed by atoms with Gasteiger partial charge in [0.05, 0.1) is 0 Å². The van der Waals surface area contributed by atoms with Gasteiger partial charge < -0.3 is 5.32 Å². The van der Waals surface area contributed by atoms with Crippen molar-refractivity contribution in [1.29, 1.82) is 0 Å². The molecule has 0 aromatic heterocycles. The van der Waals surface area contributed by atoms with Crippen LogP contribution in [0.25, 0.3) is 0 Å². The first kappa shape index (κ1) is 14.8. The number of rotatable bonds is 4. The summed E-state index contributed by atoms with van der Waals surface area (Å²) < 4.78 is 28.4. The normalized spacial score (nSPS) is 21.4. The molecule has 106 valence electrons. The van der Waals surface area contributed by atoms with Crippen molar-refractivity contribution in [3.8, 4) is 0 Å². The number of halogens is 2. The van der Waals surface area contributed by atoms with Crippen LogP contribution in [0.1, 0.15) is 43.4 Å². The zero-order valence-corrected chi connectivity index (χ0v) is 12.3. The van der Waals surface area contributed by atoms with Gasteiger partial charge in [0, 0.05) is 16.9 Å². The molecule has 1 aliphatic rings. The third kappa shape index (κ3) is 3.29. The molecule has 0 spiro atoms. The summed E-state index contributed by atoms with van der Waals surface area (Å²) in [6.45, 7) is 4.38. The van der Waals surface area contributed by atoms with Gasteiger partial charge in [-0.3, -0.25) is 0 Å². The number of hydrogen-bond donors (Lipinski definition) is 1. The third-order valence-corrected chi connectivity index (χ3v) is 5.10. The summed E-state index contributed by atoms with van der Waals surface area (Å²) in [7, 11) is 0. The lowest BCUT2D eigenvalue weighted by atomic mass is 9.96. The largest absolute Gasteiger partial charge is 0.309 e. The highest BCUT2D eigenvalue weighted by Crippen LogP contribution is 2.37. The van der Waals surface area contributed by atoms with E-state index >= 15 is 0 Å². The number of nitrogens with one attached hydrogen (secondary N) is 1. The molecule has 1 saturated heterocycles. The van der Waals surface area contributed by atoms with Gasteiger partial charge in [-0.25, -0.2) is 8.78 Å². The molecule has 2 unspecified atom stereocenters. The first-order valence-corrected chi connectivity index (χ1v) is 7.99. The molecule has 0 aliphatic carbocycles. The van der Waals surface area contributed by atoms with Crippen LogP contribution < -0.4 is 5.32 Å². The monoisotopic (exact) mass is 285 g/mol. The molecular formula is C15H21F2NS. The molecule has 1 nitrogen and oxygen atoms in total. The van der Waals surface area contributed by atoms with E-state index in [0.717, 1.165) is 18.6 Å². The number of thioether (sulfide) groups is 1. The Bertz CT molecular complexity index is 430. The minimum atomic E-state index is -0.430. The summed E-state index contributed by atoms with van der Waals surface area (Å²) in [4.78, 5) is 0. The Balaban J connectivity index is 2.35. The van der Waals surface area contributed by atoms with Crippen molar-refractivity contribution < 1.29 is 8.78 Å². The fourth-order valence-corrected chi connectivity index (χ4v) is 4.06. The van der Waals surface area contributed by atoms with Crippen molar-refractivity contribution >= 4 is 11.8 Å². The molecule has 1 fully saturated rings. The second-order valence-corrected chi connectivity index (χ2v) is 6.38. The van der Waals surface area contributed by atoms with E-state index < -0.39 is 11.6 Å². The molecule has 0 bridgehead atoms. The summed E-state index contributed by atoms with van der Waals surface area (Å²) in [5, 5.41) is 3.54. The molecule has 1 heterocycles. The van der Waals surface area contributed by atoms with Gasteiger partial charge in [-0.2, -0.15) is 11.8 Å². The molecule has 2 atom stereocenters. The molecule has 4 heteroatoms. The van der Waals surface area contributed by atoms with Gasteiger partial charge in [-0.1, -0.05) is 19.4 Å². The van der Waals surface area contributed by atoms with Gasteiger partial charge in [-0.15, -0.1) is 0 Å². The number of benzene rings is 1. The van der Waals surface area contributed by atoms with E-state index in [-0.39, 0.29) is 16.9 Å². The van der Waals surface area contributed by atoms with Gasteiger partial charge in [0.2, 0.25) is 0 Å². The minimum Gasteiger partial charge on any atom is -0.309 e. The van der Waals surface area contributed by atoms with E-state index in [9.17, 15) is 8.78 Å². The summed E-state index contributed by atoms with van der Waals surface area (Å²) in [5.74, 6) is 0.263. The zero-order valence-electron chi connectivity index (χ0n) is 11.5. The van der Waals surface area contributed by atoms with Crippen LogP contribution in [-0.2, 0) is 0 Å². The van der Waals surface area contributed by atoms with E-state index in [1.165, 1.54) is 18.6 Å². The van der Waals surface area contributed by atoms with Crippen molar-refractivity contribution in [2.45, 2.75) is 44.4 Å². The SMILES string of the molecule is CCNC(c1c(F)ccc(C)c1F)C1CCCCS1. The maximum Gasteiger partial charge on any atom is 0.133 e. The van der Waals surface area contributed by atoms with E-state index in [1.807, 2.05) is 18.7 Å². The maximum atomic E-state index is 14.3. The Morgan fingerprint density at radius 3 is 2.79 bits per heavy atom. The fraction of sp³-hybridized carbons (Fsp3) is 0.600. The van der Waals surface area contributed by atoms with Crippen LogP contribution >= 0.6 is 11.8 Å². The standard InChI is InChI=1S/C15H21F2NS/c1-3-18-15(12-6-4-5-9-19-12)13-11(16)8-7-10(2)14(13)17/h7-8,12,15,18H,3-6,9H2,1-2H3. The molecule has 1 N–H and O–H groups in total. The van der Waals surface area contributed by atoms with Crippen LogP contribution in [0.4, 0.5) is 8.78 Å². The molecule has 0 radical (unpaired) electrons. The van der Waals surface area contributed by atoms with Gasteiger partial charge in [-0.05, 0) is 43.7 Å². The van der Waals surface area contributed by atoms with E-state index in [4.69, 9.17) is 0 Å². The summed E-state index contributed by atoms with van der Waals surface area (Å²) >= 11 is 1.83. The van der Waals surface area contributed by atoms with E-state index in [0.29, 0.717) is 12.1 Å². The van der Waals surface area contributed by atoms with Gasteiger partial charge in [0.25, 0.3) is 0 Å². The van der Waals surface area contributed by atoms with Crippen LogP contribution in [0.3, 0.4) is 0 Å². The average molecular weight is 285 g/mol. The highest BCUT2D eigenvalue weighted by molar-refractivity contribution is 8.00. The van der Waals surface area contributed by atoms with Crippen molar-refractivity contribution in [3.63, 3.8) is 0 Å². The van der Waals surface area contributed by atoms with Gasteiger partial charge in [0.1, 0.15) is 11.6 Å². The summed E-state index contributed by atoms with van der Waals surface area (Å²) in [6.07, 6.45) is 3.38. The minimum absolute atomic E-state index is 0.223. The van der Waals surface area contributed by atoms with Crippen LogP contribution in [0.2, 0.25) is 0 Å². The Hall–Kier alpha value is -0.610. The second kappa shape index (κ2) is 6.71. The van der Waals surface area contributed by atoms with Crippen LogP contribution in [0.5, 0.6) is 0 Å². The number of aryl methyl sites for hydroxylation is 1. The number of hydrogen-bond acceptors (Lipinski definition) is 2. The van der Waals surface area contributed by atoms with Crippen molar-refractivity contribution in [3.05, 3.63) is 34.9 Å². The smallest absolute Gasteiger partial charge is 0.133 e. The maximum absolute atomic E-state index is 14.3. The predicted molar refractivity (Wildman–Crippen MR) is 77.6 cm³/mol. The average Bonchev–Trinajstić information content (AvgIpc) is 2.43. The molecule has 1 aliphatic heterocycles. The van der Waals surface area contributed by atoms with Crippen LogP contribution in [0.15, 0.2) is 12.1 Å². The highest BCUT2D eigenvalue weighted by Gasteiger charge is 2.29. The second-order valence-electron chi connectivity index (χ2n) is 5.03. The molecule has 0 amide bonds. The van der Waals surface area contributed by atoms with Crippen molar-refractivity contribution in [2.24, 2.45) is 0 Å². The van der Waals surface area contributed by atoms with Gasteiger partial charge >= 0.3 is 0 Å². The lowest BCUT2D eigenvalue weighted by molar-refractivity contribution is 0.442. The predicted octanol–water partition coefficient (Wildman–Crippen LogP) is 4.21. The molecule has 1 aromatic rings. The first-order valence-electron chi connectivity index (χ1n) is 6.94. The molecule has 19 heavy (non-hydrogen) atoms. The third-order valence-electron chi connectivity index (χ3n) is 3.64. The van der Waals surface area contributed by atoms with Crippen LogP contribution in [0, 0.1) is 18.6 Å². The topological polar surface area (TPSA) is 12.0 Å². The molecule has 0 saturated carbocycles. The van der Waals surface area contributed by atoms with Crippen molar-refractivity contribution in [1.82, 2.24) is 5.32 Å². The quantitative estimate of drug-likeness (QED) is 0.889. The molecule has 2 rings (SSSR count). The summed E-state index contributed by atoms with van der Waals surface area (Å²) in [5.41, 5.74) is 0.737. The molecular weight excluding hydrogens is 264 g/mol. The lowest BCUT2D eigenvalue weighted by Crippen LogP contribution is -2.33. The zero-order chi connectivity index (χ0) is 13.8. The Kier molecular flexibility index (Phi) is 5.22. The van der Waals surface area contributed by atoms with Gasteiger partial charge in [0.15, 0.2) is 0 Å². The fourth-order valence-electron chi connectivity index (χ4n) is 2.63.